The van der Waals surface area contributed by atoms with Crippen molar-refractivity contribution >= 4 is 41.3 Å². The van der Waals surface area contributed by atoms with Crippen LogP contribution in [-0.4, -0.2) is 45.8 Å². The van der Waals surface area contributed by atoms with E-state index in [1.54, 1.807) is 6.07 Å². The van der Waals surface area contributed by atoms with E-state index in [0.29, 0.717) is 11.3 Å². The van der Waals surface area contributed by atoms with Gasteiger partial charge in [-0.3, -0.25) is 29.8 Å². The first kappa shape index (κ1) is 31.6. The van der Waals surface area contributed by atoms with Crippen molar-refractivity contribution in [2.75, 3.05) is 5.32 Å². The number of ether oxygens (including phenoxy) is 2. The van der Waals surface area contributed by atoms with Crippen molar-refractivity contribution in [2.24, 2.45) is 0 Å². The number of aryl methyl sites for hydroxylation is 1. The molecule has 14 heteroatoms. The first-order chi connectivity index (χ1) is 21.9. The summed E-state index contributed by atoms with van der Waals surface area (Å²) in [5, 5.41) is 18.7. The first-order valence-electron chi connectivity index (χ1n) is 14.5. The Labute approximate surface area is 263 Å². The van der Waals surface area contributed by atoms with Gasteiger partial charge in [0.15, 0.2) is 0 Å². The minimum absolute atomic E-state index is 0.0256. The van der Waals surface area contributed by atoms with Gasteiger partial charge in [-0.2, -0.15) is 0 Å². The maximum Gasteiger partial charge on any atom is 0.519 e. The Morgan fingerprint density at radius 3 is 2.48 bits per heavy atom. The van der Waals surface area contributed by atoms with Gasteiger partial charge in [0.1, 0.15) is 17.5 Å². The number of fused-ring (bicyclic) bond motifs is 1. The van der Waals surface area contributed by atoms with Gasteiger partial charge in [0, 0.05) is 47.5 Å². The molecular weight excluding hydrogens is 598 g/mol. The second-order valence-electron chi connectivity index (χ2n) is 11.2. The van der Waals surface area contributed by atoms with E-state index in [9.17, 15) is 34.1 Å². The van der Waals surface area contributed by atoms with Crippen LogP contribution in [-0.2, 0) is 22.7 Å². The second-order valence-corrected chi connectivity index (χ2v) is 11.2. The molecular formula is C32H31N5O9. The van der Waals surface area contributed by atoms with Crippen LogP contribution in [0.25, 0.3) is 0 Å². The van der Waals surface area contributed by atoms with Crippen LogP contribution >= 0.6 is 0 Å². The van der Waals surface area contributed by atoms with Gasteiger partial charge in [0.25, 0.3) is 11.6 Å². The molecule has 1 saturated heterocycles. The minimum atomic E-state index is -1.19. The topological polar surface area (TPSA) is 186 Å². The van der Waals surface area contributed by atoms with Crippen molar-refractivity contribution in [3.8, 4) is 11.5 Å². The number of nitro benzene ring substituents is 1. The lowest BCUT2D eigenvalue weighted by Gasteiger charge is -2.29. The maximum atomic E-state index is 13.4. The predicted octanol–water partition coefficient (Wildman–Crippen LogP) is 4.69. The molecule has 1 unspecified atom stereocenters. The Morgan fingerprint density at radius 2 is 1.80 bits per heavy atom. The monoisotopic (exact) mass is 629 g/mol. The van der Waals surface area contributed by atoms with Gasteiger partial charge in [0.05, 0.1) is 11.5 Å². The summed E-state index contributed by atoms with van der Waals surface area (Å²) in [6.07, 6.45) is -0.999. The fourth-order valence-corrected chi connectivity index (χ4v) is 5.46. The Morgan fingerprint density at radius 1 is 1.07 bits per heavy atom. The molecule has 0 saturated carbocycles. The highest BCUT2D eigenvalue weighted by atomic mass is 16.7. The normalized spacial score (nSPS) is 15.7. The Kier molecular flexibility index (Phi) is 8.98. The number of carbonyl (C=O) groups is 5. The van der Waals surface area contributed by atoms with E-state index in [1.165, 1.54) is 29.2 Å². The van der Waals surface area contributed by atoms with Crippen molar-refractivity contribution in [3.63, 3.8) is 0 Å². The summed E-state index contributed by atoms with van der Waals surface area (Å²) in [5.74, 6) is -1.35. The van der Waals surface area contributed by atoms with E-state index in [4.69, 9.17) is 9.47 Å². The van der Waals surface area contributed by atoms with Crippen LogP contribution in [0.5, 0.6) is 11.5 Å². The van der Waals surface area contributed by atoms with Crippen molar-refractivity contribution in [2.45, 2.75) is 58.7 Å². The zero-order valence-electron chi connectivity index (χ0n) is 25.2. The fraction of sp³-hybridized carbons (Fsp3) is 0.281. The Hall–Kier alpha value is -5.79. The molecule has 1 atom stereocenters. The van der Waals surface area contributed by atoms with Gasteiger partial charge in [-0.05, 0) is 60.7 Å². The summed E-state index contributed by atoms with van der Waals surface area (Å²) in [6.45, 7) is 5.88. The third-order valence-corrected chi connectivity index (χ3v) is 7.78. The van der Waals surface area contributed by atoms with Gasteiger partial charge in [-0.15, -0.1) is 0 Å². The number of piperidine rings is 1. The zero-order valence-corrected chi connectivity index (χ0v) is 25.2. The molecule has 0 bridgehead atoms. The molecule has 3 aromatic carbocycles. The fourth-order valence-electron chi connectivity index (χ4n) is 5.46. The van der Waals surface area contributed by atoms with Gasteiger partial charge in [-0.25, -0.2) is 9.59 Å². The largest absolute Gasteiger partial charge is 0.519 e. The lowest BCUT2D eigenvalue weighted by molar-refractivity contribution is -0.384. The summed E-state index contributed by atoms with van der Waals surface area (Å²) in [4.78, 5) is 75.1. The Bertz CT molecular complexity index is 1750. The molecule has 1 fully saturated rings. The summed E-state index contributed by atoms with van der Waals surface area (Å²) < 4.78 is 10.8. The average Bonchev–Trinajstić information content (AvgIpc) is 3.34. The number of anilines is 1. The molecule has 46 heavy (non-hydrogen) atoms. The third-order valence-electron chi connectivity index (χ3n) is 7.78. The molecule has 2 heterocycles. The molecule has 2 aliphatic rings. The number of nitro groups is 1. The van der Waals surface area contributed by atoms with Crippen molar-refractivity contribution in [3.05, 3.63) is 92.5 Å². The highest BCUT2D eigenvalue weighted by Gasteiger charge is 2.41. The molecule has 0 aliphatic carbocycles. The standard InChI is InChI=1S/C32H31N5O9/c1-17(2)24-14-20(6-4-18(24)3)34-31(41)33-15-19-5-11-23-25(16-36(30(23)40)26-12-13-27(38)35-29(26)39)28(19)46-32(42)45-22-9-7-21(8-10-22)37(43)44/h4-11,14,17,26H,12-13,15-16H2,1-3H3,(H2,33,34,41)(H,35,38,39). The number of rotatable bonds is 8. The molecule has 5 rings (SSSR count). The average molecular weight is 630 g/mol. The van der Waals surface area contributed by atoms with Crippen molar-refractivity contribution in [1.82, 2.24) is 15.5 Å². The second kappa shape index (κ2) is 13.1. The van der Waals surface area contributed by atoms with Crippen LogP contribution in [0.1, 0.15) is 65.2 Å². The smallest absolute Gasteiger partial charge is 0.395 e. The molecule has 3 aromatic rings. The van der Waals surface area contributed by atoms with Crippen LogP contribution in [0, 0.1) is 17.0 Å². The molecule has 0 radical (unpaired) electrons. The highest BCUT2D eigenvalue weighted by Crippen LogP contribution is 2.37. The molecule has 3 N–H and O–H groups in total. The van der Waals surface area contributed by atoms with E-state index in [0.717, 1.165) is 23.3 Å². The van der Waals surface area contributed by atoms with Gasteiger partial charge < -0.3 is 25.0 Å². The molecule has 0 spiro atoms. The first-order valence-corrected chi connectivity index (χ1v) is 14.5. The molecule has 5 amide bonds. The van der Waals surface area contributed by atoms with Crippen LogP contribution in [0.2, 0.25) is 0 Å². The SMILES string of the molecule is Cc1ccc(NC(=O)NCc2ccc3c(c2OC(=O)Oc2ccc([N+](=O)[O-])cc2)CN(C2CCC(=O)NC2=O)C3=O)cc1C(C)C. The van der Waals surface area contributed by atoms with Crippen LogP contribution < -0.4 is 25.4 Å². The highest BCUT2D eigenvalue weighted by molar-refractivity contribution is 6.06. The van der Waals surface area contributed by atoms with Crippen molar-refractivity contribution < 1.29 is 38.4 Å². The predicted molar refractivity (Wildman–Crippen MR) is 163 cm³/mol. The number of non-ortho nitro benzene ring substituents is 1. The number of imide groups is 1. The summed E-state index contributed by atoms with van der Waals surface area (Å²) in [6, 6.07) is 12.0. The number of amides is 5. The molecule has 0 aromatic heterocycles. The molecule has 14 nitrogen and oxygen atoms in total. The number of hydrogen-bond donors (Lipinski definition) is 3. The van der Waals surface area contributed by atoms with E-state index in [-0.39, 0.29) is 60.2 Å². The van der Waals surface area contributed by atoms with Crippen LogP contribution in [0.15, 0.2) is 54.6 Å². The maximum absolute atomic E-state index is 13.4. The van der Waals surface area contributed by atoms with E-state index >= 15 is 0 Å². The third kappa shape index (κ3) is 6.80. The van der Waals surface area contributed by atoms with Gasteiger partial charge in [-0.1, -0.05) is 26.0 Å². The Balaban J connectivity index is 1.38. The zero-order chi connectivity index (χ0) is 33.1. The van der Waals surface area contributed by atoms with Gasteiger partial charge >= 0.3 is 12.2 Å². The number of nitrogens with one attached hydrogen (secondary N) is 3. The van der Waals surface area contributed by atoms with Crippen LogP contribution in [0.3, 0.4) is 0 Å². The van der Waals surface area contributed by atoms with Crippen LogP contribution in [0.4, 0.5) is 21.0 Å². The van der Waals surface area contributed by atoms with E-state index in [1.807, 2.05) is 19.1 Å². The summed E-state index contributed by atoms with van der Waals surface area (Å²) >= 11 is 0. The summed E-state index contributed by atoms with van der Waals surface area (Å²) in [5.41, 5.74) is 3.37. The van der Waals surface area contributed by atoms with Gasteiger partial charge in [0.2, 0.25) is 11.8 Å². The summed E-state index contributed by atoms with van der Waals surface area (Å²) in [7, 11) is 0. The number of carbonyl (C=O) groups excluding carboxylic acids is 5. The quantitative estimate of drug-likeness (QED) is 0.104. The lowest BCUT2D eigenvalue weighted by atomic mass is 9.97. The number of hydrogen-bond acceptors (Lipinski definition) is 9. The van der Waals surface area contributed by atoms with E-state index < -0.39 is 40.9 Å². The molecule has 2 aliphatic heterocycles. The number of urea groups is 1. The molecule has 238 valence electrons. The number of benzene rings is 3. The van der Waals surface area contributed by atoms with Crippen molar-refractivity contribution in [1.29, 1.82) is 0 Å². The van der Waals surface area contributed by atoms with E-state index in [2.05, 4.69) is 29.8 Å². The lowest BCUT2D eigenvalue weighted by Crippen LogP contribution is -2.52. The number of nitrogens with zero attached hydrogens (tertiary/aromatic N) is 2. The minimum Gasteiger partial charge on any atom is -0.395 e.